The topological polar surface area (TPSA) is 80.7 Å². The second-order valence-corrected chi connectivity index (χ2v) is 4.36. The third-order valence-corrected chi connectivity index (χ3v) is 2.23. The van der Waals surface area contributed by atoms with E-state index < -0.39 is 34.4 Å². The van der Waals surface area contributed by atoms with Crippen LogP contribution in [0.2, 0.25) is 0 Å². The van der Waals surface area contributed by atoms with Crippen molar-refractivity contribution in [2.45, 2.75) is 12.2 Å². The molecule has 0 aliphatic heterocycles. The second kappa shape index (κ2) is 4.77. The van der Waals surface area contributed by atoms with Gasteiger partial charge in [0, 0.05) is 0 Å². The fourth-order valence-electron chi connectivity index (χ4n) is 0.460. The molecule has 8 heteroatoms. The van der Waals surface area contributed by atoms with Crippen LogP contribution in [-0.2, 0) is 19.6 Å². The molecule has 0 heterocycles. The Bertz CT molecular complexity index is 360. The molecule has 88 valence electrons. The Balaban J connectivity index is 4.19. The number of ketones is 1. The normalized spacial score (nSPS) is 12.5. The van der Waals surface area contributed by atoms with Crippen molar-refractivity contribution in [1.29, 1.82) is 0 Å². The summed E-state index contributed by atoms with van der Waals surface area (Å²) in [6.45, 7) is 2.30. The van der Waals surface area contributed by atoms with Crippen LogP contribution in [0.4, 0.5) is 8.78 Å². The van der Waals surface area contributed by atoms with Gasteiger partial charge in [0.2, 0.25) is 0 Å². The molecule has 0 bridgehead atoms. The van der Waals surface area contributed by atoms with Gasteiger partial charge in [0.25, 0.3) is 0 Å². The van der Waals surface area contributed by atoms with Crippen LogP contribution in [0, 0.1) is 0 Å². The molecule has 0 atom stereocenters. The Morgan fingerprint density at radius 2 is 2.00 bits per heavy atom. The predicted octanol–water partition coefficient (Wildman–Crippen LogP) is 0.629. The minimum Gasteiger partial charge on any atom is -0.366 e. The van der Waals surface area contributed by atoms with Crippen molar-refractivity contribution in [3.63, 3.8) is 0 Å². The van der Waals surface area contributed by atoms with Gasteiger partial charge < -0.3 is 4.74 Å². The van der Waals surface area contributed by atoms with Crippen LogP contribution in [-0.4, -0.2) is 37.2 Å². The van der Waals surface area contributed by atoms with Gasteiger partial charge in [-0.15, -0.1) is 0 Å². The lowest BCUT2D eigenvalue weighted by atomic mass is 10.2. The van der Waals surface area contributed by atoms with E-state index in [4.69, 9.17) is 4.55 Å². The summed E-state index contributed by atoms with van der Waals surface area (Å²) in [5, 5.41) is -4.41. The van der Waals surface area contributed by atoms with E-state index in [2.05, 4.69) is 11.3 Å². The molecule has 0 aliphatic carbocycles. The van der Waals surface area contributed by atoms with Crippen LogP contribution in [0.3, 0.4) is 0 Å². The molecule has 0 saturated heterocycles. The zero-order valence-corrected chi connectivity index (χ0v) is 8.68. The molecule has 5 nitrogen and oxygen atoms in total. The molecular formula is C7H10F2O5S. The van der Waals surface area contributed by atoms with E-state index in [-0.39, 0.29) is 5.57 Å². The minimum absolute atomic E-state index is 0.102. The maximum atomic E-state index is 12.5. The van der Waals surface area contributed by atoms with Gasteiger partial charge in [-0.25, -0.2) is 0 Å². The quantitative estimate of drug-likeness (QED) is 0.547. The summed E-state index contributed by atoms with van der Waals surface area (Å²) in [5.74, 6) is -0.624. The molecule has 0 fully saturated rings. The van der Waals surface area contributed by atoms with Gasteiger partial charge in [-0.1, -0.05) is 6.58 Å². The zero-order valence-electron chi connectivity index (χ0n) is 7.87. The Morgan fingerprint density at radius 3 is 2.33 bits per heavy atom. The van der Waals surface area contributed by atoms with Crippen molar-refractivity contribution < 1.29 is 31.3 Å². The first-order valence-electron chi connectivity index (χ1n) is 3.69. The first-order valence-corrected chi connectivity index (χ1v) is 5.13. The van der Waals surface area contributed by atoms with Gasteiger partial charge in [-0.3, -0.25) is 9.35 Å². The van der Waals surface area contributed by atoms with Crippen LogP contribution in [0.25, 0.3) is 0 Å². The molecule has 0 amide bonds. The van der Waals surface area contributed by atoms with Crippen molar-refractivity contribution in [3.8, 4) is 0 Å². The molecule has 0 saturated carbocycles. The maximum Gasteiger partial charge on any atom is 0.392 e. The highest BCUT2D eigenvalue weighted by Gasteiger charge is 2.44. The van der Waals surface area contributed by atoms with E-state index in [1.807, 2.05) is 0 Å². The summed E-state index contributed by atoms with van der Waals surface area (Å²) in [4.78, 5) is 10.8. The molecule has 0 aromatic heterocycles. The highest BCUT2D eigenvalue weighted by Crippen LogP contribution is 2.20. The second-order valence-electron chi connectivity index (χ2n) is 2.81. The monoisotopic (exact) mass is 244 g/mol. The highest BCUT2D eigenvalue weighted by atomic mass is 32.2. The number of halogens is 2. The summed E-state index contributed by atoms with van der Waals surface area (Å²) in [7, 11) is -5.51. The Kier molecular flexibility index (Phi) is 4.50. The zero-order chi connectivity index (χ0) is 12.3. The molecule has 0 aliphatic rings. The third kappa shape index (κ3) is 4.45. The number of carbonyl (C=O) groups excluding carboxylic acids is 1. The van der Waals surface area contributed by atoms with Gasteiger partial charge in [-0.05, 0) is 12.5 Å². The molecule has 0 unspecified atom stereocenters. The molecule has 15 heavy (non-hydrogen) atoms. The molecule has 0 aromatic carbocycles. The lowest BCUT2D eigenvalue weighted by Crippen LogP contribution is -2.34. The number of ether oxygens (including phenoxy) is 1. The SMILES string of the molecule is C=C(C)C(=O)COCC(F)(F)S(=O)(=O)O. The summed E-state index contributed by atoms with van der Waals surface area (Å²) in [6.07, 6.45) is 0. The average molecular weight is 244 g/mol. The van der Waals surface area contributed by atoms with Crippen LogP contribution in [0.5, 0.6) is 0 Å². The molecule has 0 spiro atoms. The molecule has 0 aromatic rings. The molecule has 1 N–H and O–H groups in total. The lowest BCUT2D eigenvalue weighted by Gasteiger charge is -2.12. The van der Waals surface area contributed by atoms with Crippen LogP contribution < -0.4 is 0 Å². The fraction of sp³-hybridized carbons (Fsp3) is 0.571. The third-order valence-electron chi connectivity index (χ3n) is 1.36. The van der Waals surface area contributed by atoms with Crippen molar-refractivity contribution >= 4 is 15.9 Å². The smallest absolute Gasteiger partial charge is 0.366 e. The maximum absolute atomic E-state index is 12.5. The van der Waals surface area contributed by atoms with Gasteiger partial charge >= 0.3 is 15.4 Å². The summed E-state index contributed by atoms with van der Waals surface area (Å²) < 4.78 is 57.4. The Morgan fingerprint density at radius 1 is 1.53 bits per heavy atom. The number of alkyl halides is 2. The number of Topliss-reactive ketones (excluding diaryl/α,β-unsaturated/α-hetero) is 1. The van der Waals surface area contributed by atoms with Crippen molar-refractivity contribution in [2.75, 3.05) is 13.2 Å². The van der Waals surface area contributed by atoms with Crippen molar-refractivity contribution in [3.05, 3.63) is 12.2 Å². The van der Waals surface area contributed by atoms with Gasteiger partial charge in [0.15, 0.2) is 5.78 Å². The molecular weight excluding hydrogens is 234 g/mol. The predicted molar refractivity (Wildman–Crippen MR) is 47.1 cm³/mol. The highest BCUT2D eigenvalue weighted by molar-refractivity contribution is 7.86. The van der Waals surface area contributed by atoms with Crippen LogP contribution >= 0.6 is 0 Å². The van der Waals surface area contributed by atoms with E-state index in [0.717, 1.165) is 0 Å². The van der Waals surface area contributed by atoms with Crippen molar-refractivity contribution in [1.82, 2.24) is 0 Å². The minimum atomic E-state index is -5.51. The summed E-state index contributed by atoms with van der Waals surface area (Å²) in [6, 6.07) is 0. The standard InChI is InChI=1S/C7H10F2O5S/c1-5(2)6(10)3-14-4-7(8,9)15(11,12)13/h1,3-4H2,2H3,(H,11,12,13). The van der Waals surface area contributed by atoms with E-state index >= 15 is 0 Å². The number of carbonyl (C=O) groups is 1. The van der Waals surface area contributed by atoms with E-state index in [1.54, 1.807) is 0 Å². The number of hydrogen-bond acceptors (Lipinski definition) is 4. The number of rotatable bonds is 6. The first-order chi connectivity index (χ1) is 6.58. The van der Waals surface area contributed by atoms with E-state index in [0.29, 0.717) is 0 Å². The lowest BCUT2D eigenvalue weighted by molar-refractivity contribution is -0.122. The largest absolute Gasteiger partial charge is 0.392 e. The van der Waals surface area contributed by atoms with Crippen LogP contribution in [0.15, 0.2) is 12.2 Å². The van der Waals surface area contributed by atoms with E-state index in [9.17, 15) is 22.0 Å². The summed E-state index contributed by atoms with van der Waals surface area (Å²) >= 11 is 0. The molecule has 0 radical (unpaired) electrons. The Hall–Kier alpha value is -0.860. The van der Waals surface area contributed by atoms with Crippen LogP contribution in [0.1, 0.15) is 6.92 Å². The van der Waals surface area contributed by atoms with Crippen molar-refractivity contribution in [2.24, 2.45) is 0 Å². The Labute approximate surface area is 85.5 Å². The fourth-order valence-corrected chi connectivity index (χ4v) is 0.692. The van der Waals surface area contributed by atoms with Gasteiger partial charge in [0.1, 0.15) is 13.2 Å². The van der Waals surface area contributed by atoms with Gasteiger partial charge in [0.05, 0.1) is 0 Å². The van der Waals surface area contributed by atoms with Gasteiger partial charge in [-0.2, -0.15) is 17.2 Å². The van der Waals surface area contributed by atoms with E-state index in [1.165, 1.54) is 6.92 Å². The number of hydrogen-bond donors (Lipinski definition) is 1. The summed E-state index contributed by atoms with van der Waals surface area (Å²) in [5.41, 5.74) is 0.102. The molecule has 0 rings (SSSR count). The average Bonchev–Trinajstić information content (AvgIpc) is 2.01. The first kappa shape index (κ1) is 14.1.